The predicted molar refractivity (Wildman–Crippen MR) is 87.3 cm³/mol. The van der Waals surface area contributed by atoms with Gasteiger partial charge in [0.25, 0.3) is 0 Å². The summed E-state index contributed by atoms with van der Waals surface area (Å²) in [4.78, 5) is -0.245. The molecule has 0 aliphatic heterocycles. The van der Waals surface area contributed by atoms with E-state index in [9.17, 15) is 4.39 Å². The van der Waals surface area contributed by atoms with Crippen LogP contribution in [0.4, 0.5) is 4.39 Å². The van der Waals surface area contributed by atoms with Crippen molar-refractivity contribution in [1.29, 1.82) is 0 Å². The Kier molecular flexibility index (Phi) is 4.86. The number of rotatable bonds is 3. The van der Waals surface area contributed by atoms with E-state index < -0.39 is 0 Å². The molecule has 20 heavy (non-hydrogen) atoms. The summed E-state index contributed by atoms with van der Waals surface area (Å²) in [6.45, 7) is 4.03. The van der Waals surface area contributed by atoms with Crippen molar-refractivity contribution in [2.24, 2.45) is 0 Å². The molecule has 1 atom stereocenters. The Balaban J connectivity index is 2.57. The maximum Gasteiger partial charge on any atom is 0.131 e. The van der Waals surface area contributed by atoms with E-state index in [0.717, 1.165) is 21.2 Å². The van der Waals surface area contributed by atoms with Crippen LogP contribution in [0, 0.1) is 19.7 Å². The van der Waals surface area contributed by atoms with Gasteiger partial charge in [-0.2, -0.15) is 0 Å². The van der Waals surface area contributed by atoms with Crippen molar-refractivity contribution >= 4 is 31.9 Å². The highest BCUT2D eigenvalue weighted by molar-refractivity contribution is 9.10. The van der Waals surface area contributed by atoms with Crippen LogP contribution in [0.15, 0.2) is 34.8 Å². The van der Waals surface area contributed by atoms with Crippen LogP contribution in [0.3, 0.4) is 0 Å². The molecule has 0 amide bonds. The van der Waals surface area contributed by atoms with Gasteiger partial charge in [0.05, 0.1) is 11.9 Å². The first-order chi connectivity index (χ1) is 9.45. The Morgan fingerprint density at radius 2 is 1.85 bits per heavy atom. The lowest BCUT2D eigenvalue weighted by Crippen LogP contribution is -2.03. The van der Waals surface area contributed by atoms with Crippen molar-refractivity contribution < 1.29 is 9.13 Å². The van der Waals surface area contributed by atoms with Crippen molar-refractivity contribution in [2.45, 2.75) is 18.7 Å². The summed E-state index contributed by atoms with van der Waals surface area (Å²) < 4.78 is 20.5. The summed E-state index contributed by atoms with van der Waals surface area (Å²) in [7, 11) is 1.55. The van der Waals surface area contributed by atoms with Crippen molar-refractivity contribution in [3.63, 3.8) is 0 Å². The fourth-order valence-corrected chi connectivity index (χ4v) is 3.57. The molecule has 1 nitrogen and oxygen atoms in total. The summed E-state index contributed by atoms with van der Waals surface area (Å²) >= 11 is 7.12. The second-order valence-corrected chi connectivity index (χ2v) is 6.45. The van der Waals surface area contributed by atoms with Gasteiger partial charge in [-0.1, -0.05) is 44.0 Å². The molecule has 2 aromatic rings. The van der Waals surface area contributed by atoms with Gasteiger partial charge >= 0.3 is 0 Å². The van der Waals surface area contributed by atoms with Crippen molar-refractivity contribution in [2.75, 3.05) is 7.11 Å². The Labute approximate surface area is 135 Å². The first-order valence-electron chi connectivity index (χ1n) is 6.18. The maximum absolute atomic E-state index is 14.2. The fraction of sp³-hybridized carbons (Fsp3) is 0.250. The molecule has 0 aliphatic carbocycles. The summed E-state index contributed by atoms with van der Waals surface area (Å²) in [5.41, 5.74) is 3.77. The number of alkyl halides is 1. The smallest absolute Gasteiger partial charge is 0.131 e. The van der Waals surface area contributed by atoms with Crippen LogP contribution in [-0.2, 0) is 0 Å². The van der Waals surface area contributed by atoms with Crippen LogP contribution in [0.1, 0.15) is 27.1 Å². The molecule has 0 radical (unpaired) electrons. The second kappa shape index (κ2) is 6.27. The summed E-state index contributed by atoms with van der Waals surface area (Å²) in [5, 5.41) is 0. The number of ether oxygens (including phenoxy) is 1. The zero-order valence-electron chi connectivity index (χ0n) is 11.5. The van der Waals surface area contributed by atoms with Gasteiger partial charge in [-0.15, -0.1) is 0 Å². The largest absolute Gasteiger partial charge is 0.496 e. The number of methoxy groups -OCH3 is 1. The van der Waals surface area contributed by atoms with Gasteiger partial charge in [-0.05, 0) is 48.7 Å². The zero-order valence-corrected chi connectivity index (χ0v) is 14.7. The van der Waals surface area contributed by atoms with Crippen LogP contribution < -0.4 is 4.74 Å². The van der Waals surface area contributed by atoms with Crippen LogP contribution in [0.2, 0.25) is 0 Å². The van der Waals surface area contributed by atoms with E-state index in [1.54, 1.807) is 19.2 Å². The first-order valence-corrected chi connectivity index (χ1v) is 7.89. The highest BCUT2D eigenvalue weighted by atomic mass is 79.9. The van der Waals surface area contributed by atoms with Crippen molar-refractivity contribution in [3.05, 3.63) is 62.9 Å². The molecule has 0 bridgehead atoms. The number of halogens is 3. The van der Waals surface area contributed by atoms with Gasteiger partial charge in [0.15, 0.2) is 0 Å². The minimum Gasteiger partial charge on any atom is -0.496 e. The number of aryl methyl sites for hydroxylation is 2. The third-order valence-electron chi connectivity index (χ3n) is 3.31. The molecule has 2 aromatic carbocycles. The van der Waals surface area contributed by atoms with E-state index in [4.69, 9.17) is 4.74 Å². The lowest BCUT2D eigenvalue weighted by atomic mass is 9.97. The molecular formula is C16H15Br2FO. The third kappa shape index (κ3) is 2.91. The lowest BCUT2D eigenvalue weighted by Gasteiger charge is -2.18. The molecule has 0 heterocycles. The van der Waals surface area contributed by atoms with Gasteiger partial charge in [0, 0.05) is 10.0 Å². The van der Waals surface area contributed by atoms with E-state index in [1.807, 2.05) is 19.9 Å². The second-order valence-electron chi connectivity index (χ2n) is 4.68. The van der Waals surface area contributed by atoms with Gasteiger partial charge in [0.1, 0.15) is 11.6 Å². The van der Waals surface area contributed by atoms with Crippen LogP contribution in [0.5, 0.6) is 5.75 Å². The summed E-state index contributed by atoms with van der Waals surface area (Å²) in [5.74, 6) is 0.276. The SMILES string of the molecule is COc1cccc(F)c1C(Br)c1cc(C)c(Br)cc1C. The molecule has 0 saturated carbocycles. The zero-order chi connectivity index (χ0) is 14.9. The molecular weight excluding hydrogens is 387 g/mol. The molecule has 1 unspecified atom stereocenters. The highest BCUT2D eigenvalue weighted by Gasteiger charge is 2.21. The number of benzene rings is 2. The molecule has 4 heteroatoms. The first kappa shape index (κ1) is 15.5. The number of hydrogen-bond donors (Lipinski definition) is 0. The standard InChI is InChI=1S/C16H15Br2FO/c1-9-8-12(17)10(2)7-11(9)16(18)15-13(19)5-4-6-14(15)20-3/h4-8,16H,1-3H3. The topological polar surface area (TPSA) is 9.23 Å². The molecule has 0 spiro atoms. The van der Waals surface area contributed by atoms with Gasteiger partial charge < -0.3 is 4.74 Å². The van der Waals surface area contributed by atoms with Gasteiger partial charge in [0.2, 0.25) is 0 Å². The quantitative estimate of drug-likeness (QED) is 0.599. The Morgan fingerprint density at radius 3 is 2.50 bits per heavy atom. The van der Waals surface area contributed by atoms with Gasteiger partial charge in [-0.25, -0.2) is 4.39 Å². The van der Waals surface area contributed by atoms with E-state index in [0.29, 0.717) is 11.3 Å². The third-order valence-corrected chi connectivity index (χ3v) is 5.11. The van der Waals surface area contributed by atoms with Crippen LogP contribution in [-0.4, -0.2) is 7.11 Å². The van der Waals surface area contributed by atoms with E-state index in [2.05, 4.69) is 37.9 Å². The molecule has 0 saturated heterocycles. The minimum atomic E-state index is -0.272. The van der Waals surface area contributed by atoms with Crippen molar-refractivity contribution in [1.82, 2.24) is 0 Å². The highest BCUT2D eigenvalue weighted by Crippen LogP contribution is 2.40. The average Bonchev–Trinajstić information content (AvgIpc) is 2.41. The monoisotopic (exact) mass is 400 g/mol. The summed E-state index contributed by atoms with van der Waals surface area (Å²) in [6, 6.07) is 8.98. The van der Waals surface area contributed by atoms with Crippen LogP contribution >= 0.6 is 31.9 Å². The Bertz CT molecular complexity index is 641. The van der Waals surface area contributed by atoms with Crippen molar-refractivity contribution in [3.8, 4) is 5.75 Å². The van der Waals surface area contributed by atoms with Gasteiger partial charge in [-0.3, -0.25) is 0 Å². The minimum absolute atomic E-state index is 0.245. The van der Waals surface area contributed by atoms with E-state index in [1.165, 1.54) is 6.07 Å². The Morgan fingerprint density at radius 1 is 1.15 bits per heavy atom. The normalized spacial score (nSPS) is 12.3. The average molecular weight is 402 g/mol. The molecule has 0 fully saturated rings. The molecule has 0 aromatic heterocycles. The number of hydrogen-bond acceptors (Lipinski definition) is 1. The van der Waals surface area contributed by atoms with Crippen LogP contribution in [0.25, 0.3) is 0 Å². The maximum atomic E-state index is 14.2. The summed E-state index contributed by atoms with van der Waals surface area (Å²) in [6.07, 6.45) is 0. The lowest BCUT2D eigenvalue weighted by molar-refractivity contribution is 0.405. The van der Waals surface area contributed by atoms with E-state index >= 15 is 0 Å². The predicted octanol–water partition coefficient (Wildman–Crippen LogP) is 5.70. The molecule has 0 aliphatic rings. The fourth-order valence-electron chi connectivity index (χ4n) is 2.17. The van der Waals surface area contributed by atoms with E-state index in [-0.39, 0.29) is 10.6 Å². The molecule has 2 rings (SSSR count). The molecule has 106 valence electrons. The Hall–Kier alpha value is -0.870. The molecule has 0 N–H and O–H groups in total.